The van der Waals surface area contributed by atoms with E-state index in [2.05, 4.69) is 5.32 Å². The maximum atomic E-state index is 13.9. The average molecular weight is 605 g/mol. The van der Waals surface area contributed by atoms with Gasteiger partial charge in [-0.1, -0.05) is 71.2 Å². The van der Waals surface area contributed by atoms with E-state index in [-0.39, 0.29) is 33.1 Å². The molecule has 0 fully saturated rings. The van der Waals surface area contributed by atoms with Crippen LogP contribution in [0.15, 0.2) is 77.7 Å². The minimum Gasteiger partial charge on any atom is -0.350 e. The minimum absolute atomic E-state index is 0.0105. The van der Waals surface area contributed by atoms with Crippen molar-refractivity contribution >= 4 is 50.7 Å². The van der Waals surface area contributed by atoms with Gasteiger partial charge in [-0.05, 0) is 76.9 Å². The van der Waals surface area contributed by atoms with E-state index in [1.54, 1.807) is 19.1 Å². The molecule has 0 heterocycles. The lowest BCUT2D eigenvalue weighted by atomic mass is 10.1. The van der Waals surface area contributed by atoms with E-state index < -0.39 is 34.1 Å². The molecule has 0 bridgehead atoms. The zero-order valence-electron chi connectivity index (χ0n) is 23.3. The smallest absolute Gasteiger partial charge is 0.264 e. The normalized spacial score (nSPS) is 12.5. The van der Waals surface area contributed by atoms with Crippen LogP contribution in [0.4, 0.5) is 5.69 Å². The lowest BCUT2D eigenvalue weighted by Crippen LogP contribution is -2.55. The summed E-state index contributed by atoms with van der Waals surface area (Å²) in [7, 11) is -4.21. The second-order valence-electron chi connectivity index (χ2n) is 10.7. The van der Waals surface area contributed by atoms with Crippen molar-refractivity contribution in [3.05, 3.63) is 94.0 Å². The van der Waals surface area contributed by atoms with Crippen molar-refractivity contribution in [1.82, 2.24) is 10.2 Å². The van der Waals surface area contributed by atoms with Gasteiger partial charge in [-0.2, -0.15) is 0 Å². The Balaban J connectivity index is 2.02. The van der Waals surface area contributed by atoms with Crippen molar-refractivity contribution < 1.29 is 18.0 Å². The molecule has 0 unspecified atom stereocenters. The number of nitrogens with one attached hydrogen (secondary N) is 1. The van der Waals surface area contributed by atoms with Crippen LogP contribution in [0.25, 0.3) is 0 Å². The summed E-state index contributed by atoms with van der Waals surface area (Å²) < 4.78 is 28.8. The Bertz CT molecular complexity index is 1420. The average Bonchev–Trinajstić information content (AvgIpc) is 2.86. The van der Waals surface area contributed by atoms with Gasteiger partial charge < -0.3 is 10.2 Å². The molecule has 3 rings (SSSR count). The van der Waals surface area contributed by atoms with Crippen LogP contribution in [-0.4, -0.2) is 49.8 Å². The number of benzene rings is 3. The lowest BCUT2D eigenvalue weighted by Gasteiger charge is -2.33. The SMILES string of the molecule is Cc1ccc(S(=O)(=O)N(CC(=O)N(CCc2ccccc2)[C@H](C)C(=O)NC(C)(C)C)c2cc(Cl)cc(Cl)c2)cc1. The summed E-state index contributed by atoms with van der Waals surface area (Å²) in [6.45, 7) is 8.69. The Morgan fingerprint density at radius 3 is 2.05 bits per heavy atom. The minimum atomic E-state index is -4.21. The van der Waals surface area contributed by atoms with Gasteiger partial charge in [-0.15, -0.1) is 0 Å². The number of amides is 2. The fraction of sp³-hybridized carbons (Fsp3) is 0.333. The number of halogens is 2. The third kappa shape index (κ3) is 8.46. The van der Waals surface area contributed by atoms with Crippen molar-refractivity contribution in [2.24, 2.45) is 0 Å². The number of carbonyl (C=O) groups excluding carboxylic acids is 2. The van der Waals surface area contributed by atoms with Crippen LogP contribution in [0, 0.1) is 6.92 Å². The zero-order chi connectivity index (χ0) is 29.7. The molecule has 0 aliphatic heterocycles. The first-order chi connectivity index (χ1) is 18.7. The molecule has 1 N–H and O–H groups in total. The number of hydrogen-bond acceptors (Lipinski definition) is 4. The summed E-state index contributed by atoms with van der Waals surface area (Å²) in [4.78, 5) is 28.5. The highest BCUT2D eigenvalue weighted by atomic mass is 35.5. The van der Waals surface area contributed by atoms with Gasteiger partial charge in [-0.3, -0.25) is 13.9 Å². The van der Waals surface area contributed by atoms with Crippen LogP contribution >= 0.6 is 23.2 Å². The Labute approximate surface area is 247 Å². The molecule has 0 aliphatic rings. The molecule has 0 saturated carbocycles. The third-order valence-corrected chi connectivity index (χ3v) is 8.40. The molecular weight excluding hydrogens is 569 g/mol. The number of carbonyl (C=O) groups is 2. The molecular formula is C30H35Cl2N3O4S. The van der Waals surface area contributed by atoms with Crippen molar-refractivity contribution in [2.45, 2.75) is 57.5 Å². The molecule has 40 heavy (non-hydrogen) atoms. The van der Waals surface area contributed by atoms with E-state index in [0.717, 1.165) is 15.4 Å². The maximum Gasteiger partial charge on any atom is 0.264 e. The fourth-order valence-electron chi connectivity index (χ4n) is 4.09. The molecule has 0 radical (unpaired) electrons. The molecule has 3 aromatic carbocycles. The zero-order valence-corrected chi connectivity index (χ0v) is 25.6. The first kappa shape index (κ1) is 31.5. The second-order valence-corrected chi connectivity index (χ2v) is 13.4. The number of aryl methyl sites for hydroxylation is 1. The summed E-state index contributed by atoms with van der Waals surface area (Å²) in [5, 5.41) is 3.35. The maximum absolute atomic E-state index is 13.9. The van der Waals surface area contributed by atoms with E-state index in [0.29, 0.717) is 6.42 Å². The van der Waals surface area contributed by atoms with E-state index in [4.69, 9.17) is 23.2 Å². The monoisotopic (exact) mass is 603 g/mol. The van der Waals surface area contributed by atoms with Gasteiger partial charge in [0.05, 0.1) is 10.6 Å². The summed E-state index contributed by atoms with van der Waals surface area (Å²) in [6.07, 6.45) is 0.480. The number of nitrogens with zero attached hydrogens (tertiary/aromatic N) is 2. The Kier molecular flexibility index (Phi) is 10.3. The van der Waals surface area contributed by atoms with Crippen LogP contribution in [-0.2, 0) is 26.0 Å². The molecule has 10 heteroatoms. The van der Waals surface area contributed by atoms with Gasteiger partial charge >= 0.3 is 0 Å². The number of hydrogen-bond donors (Lipinski definition) is 1. The van der Waals surface area contributed by atoms with Gasteiger partial charge in [0.25, 0.3) is 10.0 Å². The van der Waals surface area contributed by atoms with E-state index in [1.807, 2.05) is 58.0 Å². The highest BCUT2D eigenvalue weighted by molar-refractivity contribution is 7.92. The number of anilines is 1. The van der Waals surface area contributed by atoms with Crippen molar-refractivity contribution in [2.75, 3.05) is 17.4 Å². The molecule has 0 aliphatic carbocycles. The molecule has 0 spiro atoms. The van der Waals surface area contributed by atoms with Gasteiger partial charge in [0.2, 0.25) is 11.8 Å². The van der Waals surface area contributed by atoms with Gasteiger partial charge in [-0.25, -0.2) is 8.42 Å². The number of sulfonamides is 1. The predicted molar refractivity (Wildman–Crippen MR) is 161 cm³/mol. The summed E-state index contributed by atoms with van der Waals surface area (Å²) >= 11 is 12.5. The van der Waals surface area contributed by atoms with Crippen molar-refractivity contribution in [3.8, 4) is 0 Å². The summed E-state index contributed by atoms with van der Waals surface area (Å²) in [6, 6.07) is 19.4. The first-order valence-electron chi connectivity index (χ1n) is 12.9. The topological polar surface area (TPSA) is 86.8 Å². The van der Waals surface area contributed by atoms with Crippen LogP contribution in [0.5, 0.6) is 0 Å². The molecule has 7 nitrogen and oxygen atoms in total. The quantitative estimate of drug-likeness (QED) is 0.314. The van der Waals surface area contributed by atoms with Gasteiger partial charge in [0.15, 0.2) is 0 Å². The second kappa shape index (κ2) is 13.1. The number of rotatable bonds is 10. The standard InChI is InChI=1S/C30H35Cl2N3O4S/c1-21-11-13-27(14-12-21)40(38,39)35(26-18-24(31)17-25(32)19-26)20-28(36)34(16-15-23-9-7-6-8-10-23)22(2)29(37)33-30(3,4)5/h6-14,17-19,22H,15-16,20H2,1-5H3,(H,33,37)/t22-/m1/s1. The molecule has 2 amide bonds. The summed E-state index contributed by atoms with van der Waals surface area (Å²) in [5.41, 5.74) is 1.49. The highest BCUT2D eigenvalue weighted by Crippen LogP contribution is 2.30. The summed E-state index contributed by atoms with van der Waals surface area (Å²) in [5.74, 6) is -0.882. The Morgan fingerprint density at radius 2 is 1.50 bits per heavy atom. The molecule has 0 aromatic heterocycles. The Morgan fingerprint density at radius 1 is 0.925 bits per heavy atom. The van der Waals surface area contributed by atoms with Crippen LogP contribution in [0.3, 0.4) is 0 Å². The van der Waals surface area contributed by atoms with Crippen molar-refractivity contribution in [3.63, 3.8) is 0 Å². The van der Waals surface area contributed by atoms with Gasteiger partial charge in [0.1, 0.15) is 12.6 Å². The third-order valence-electron chi connectivity index (χ3n) is 6.17. The molecule has 214 valence electrons. The molecule has 1 atom stereocenters. The molecule has 3 aromatic rings. The highest BCUT2D eigenvalue weighted by Gasteiger charge is 2.33. The van der Waals surface area contributed by atoms with E-state index >= 15 is 0 Å². The fourth-order valence-corrected chi connectivity index (χ4v) is 6.01. The van der Waals surface area contributed by atoms with Gasteiger partial charge in [0, 0.05) is 22.1 Å². The molecule has 0 saturated heterocycles. The van der Waals surface area contributed by atoms with Crippen LogP contribution in [0.1, 0.15) is 38.8 Å². The van der Waals surface area contributed by atoms with Crippen LogP contribution in [0.2, 0.25) is 10.0 Å². The van der Waals surface area contributed by atoms with Crippen LogP contribution < -0.4 is 9.62 Å². The van der Waals surface area contributed by atoms with E-state index in [9.17, 15) is 18.0 Å². The van der Waals surface area contributed by atoms with E-state index in [1.165, 1.54) is 35.2 Å². The Hall–Kier alpha value is -3.07. The largest absolute Gasteiger partial charge is 0.350 e. The predicted octanol–water partition coefficient (Wildman–Crippen LogP) is 5.87. The first-order valence-corrected chi connectivity index (χ1v) is 15.1. The van der Waals surface area contributed by atoms with Crippen molar-refractivity contribution in [1.29, 1.82) is 0 Å². The lowest BCUT2D eigenvalue weighted by molar-refractivity contribution is -0.139.